The van der Waals surface area contributed by atoms with Crippen LogP contribution in [0.5, 0.6) is 11.5 Å². The van der Waals surface area contributed by atoms with Crippen LogP contribution in [0.1, 0.15) is 29.7 Å². The van der Waals surface area contributed by atoms with Crippen molar-refractivity contribution in [2.75, 3.05) is 12.4 Å². The predicted molar refractivity (Wildman–Crippen MR) is 120 cm³/mol. The van der Waals surface area contributed by atoms with Crippen molar-refractivity contribution >= 4 is 27.8 Å². The zero-order chi connectivity index (χ0) is 22.1. The molecule has 2 heterocycles. The number of primary amides is 1. The van der Waals surface area contributed by atoms with Crippen molar-refractivity contribution < 1.29 is 14.3 Å². The Kier molecular flexibility index (Phi) is 5.69. The van der Waals surface area contributed by atoms with Gasteiger partial charge in [0.15, 0.2) is 11.5 Å². The van der Waals surface area contributed by atoms with E-state index in [4.69, 9.17) is 15.2 Å². The Hall–Kier alpha value is -3.33. The fraction of sp³-hybridized carbons (Fsp3) is 0.227. The maximum atomic E-state index is 12.3. The van der Waals surface area contributed by atoms with Crippen LogP contribution in [0.2, 0.25) is 0 Å². The highest BCUT2D eigenvalue weighted by atomic mass is 79.9. The first-order chi connectivity index (χ1) is 14.9. The second-order valence-corrected chi connectivity index (χ2v) is 8.12. The minimum Gasteiger partial charge on any atom is -0.493 e. The summed E-state index contributed by atoms with van der Waals surface area (Å²) in [6, 6.07) is 11.3. The van der Waals surface area contributed by atoms with E-state index in [1.807, 2.05) is 43.3 Å². The molecule has 9 heteroatoms. The lowest BCUT2D eigenvalue weighted by Crippen LogP contribution is -2.31. The molecule has 3 aromatic rings. The standard InChI is InChI=1S/C22H22BrN5O3/c1-12-4-6-14(7-5-12)10-31-20-16(23)8-15(9-17(20)30-3)19-18(21(24)29)13(2)27-22-25-11-26-28(19)22/h4-9,11,19H,10H2,1-3H3,(H2,24,29)(H,25,26,27). The molecule has 1 aromatic heterocycles. The van der Waals surface area contributed by atoms with Crippen LogP contribution in [0.4, 0.5) is 5.95 Å². The number of halogens is 1. The molecule has 1 aliphatic rings. The summed E-state index contributed by atoms with van der Waals surface area (Å²) in [5, 5.41) is 7.35. The highest BCUT2D eigenvalue weighted by Gasteiger charge is 2.33. The minimum atomic E-state index is -0.549. The van der Waals surface area contributed by atoms with E-state index in [0.29, 0.717) is 39.8 Å². The minimum absolute atomic E-state index is 0.390. The van der Waals surface area contributed by atoms with Crippen molar-refractivity contribution in [1.29, 1.82) is 0 Å². The Morgan fingerprint density at radius 3 is 2.68 bits per heavy atom. The first kappa shape index (κ1) is 20.9. The molecule has 0 fully saturated rings. The number of amides is 1. The van der Waals surface area contributed by atoms with E-state index < -0.39 is 11.9 Å². The quantitative estimate of drug-likeness (QED) is 0.553. The molecule has 1 aliphatic heterocycles. The number of nitrogens with one attached hydrogen (secondary N) is 1. The highest BCUT2D eigenvalue weighted by Crippen LogP contribution is 2.42. The van der Waals surface area contributed by atoms with Crippen molar-refractivity contribution in [3.05, 3.63) is 75.2 Å². The third-order valence-corrected chi connectivity index (χ3v) is 5.72. The summed E-state index contributed by atoms with van der Waals surface area (Å²) >= 11 is 3.60. The van der Waals surface area contributed by atoms with Gasteiger partial charge in [-0.1, -0.05) is 29.8 Å². The molecule has 2 aromatic carbocycles. The largest absolute Gasteiger partial charge is 0.493 e. The average molecular weight is 484 g/mol. The van der Waals surface area contributed by atoms with Gasteiger partial charge < -0.3 is 20.5 Å². The number of allylic oxidation sites excluding steroid dienone is 1. The molecule has 0 radical (unpaired) electrons. The molecule has 0 spiro atoms. The third kappa shape index (κ3) is 4.00. The number of nitrogens with two attached hydrogens (primary N) is 1. The Balaban J connectivity index is 1.72. The number of methoxy groups -OCH3 is 1. The Bertz CT molecular complexity index is 1170. The van der Waals surface area contributed by atoms with Crippen molar-refractivity contribution in [3.8, 4) is 11.5 Å². The van der Waals surface area contributed by atoms with E-state index >= 15 is 0 Å². The van der Waals surface area contributed by atoms with E-state index in [1.54, 1.807) is 18.7 Å². The van der Waals surface area contributed by atoms with E-state index in [0.717, 1.165) is 11.1 Å². The van der Waals surface area contributed by atoms with Gasteiger partial charge in [0.05, 0.1) is 17.2 Å². The van der Waals surface area contributed by atoms with Gasteiger partial charge in [0, 0.05) is 5.70 Å². The van der Waals surface area contributed by atoms with Gasteiger partial charge in [-0.3, -0.25) is 4.79 Å². The van der Waals surface area contributed by atoms with Gasteiger partial charge in [0.2, 0.25) is 11.9 Å². The van der Waals surface area contributed by atoms with Crippen LogP contribution in [-0.2, 0) is 11.4 Å². The van der Waals surface area contributed by atoms with Crippen molar-refractivity contribution in [3.63, 3.8) is 0 Å². The van der Waals surface area contributed by atoms with E-state index in [-0.39, 0.29) is 0 Å². The number of aromatic nitrogens is 3. The predicted octanol–water partition coefficient (Wildman–Crippen LogP) is 3.71. The number of hydrogen-bond donors (Lipinski definition) is 2. The maximum Gasteiger partial charge on any atom is 0.248 e. The topological polar surface area (TPSA) is 104 Å². The van der Waals surface area contributed by atoms with E-state index in [9.17, 15) is 4.79 Å². The molecule has 160 valence electrons. The summed E-state index contributed by atoms with van der Waals surface area (Å²) in [6.07, 6.45) is 1.43. The fourth-order valence-corrected chi connectivity index (χ4v) is 4.17. The number of benzene rings is 2. The number of ether oxygens (including phenoxy) is 2. The summed E-state index contributed by atoms with van der Waals surface area (Å²) < 4.78 is 14.0. The molecule has 8 nitrogen and oxygen atoms in total. The van der Waals surface area contributed by atoms with Crippen LogP contribution in [0, 0.1) is 6.92 Å². The van der Waals surface area contributed by atoms with Gasteiger partial charge in [-0.15, -0.1) is 0 Å². The lowest BCUT2D eigenvalue weighted by atomic mass is 9.95. The maximum absolute atomic E-state index is 12.3. The zero-order valence-corrected chi connectivity index (χ0v) is 18.9. The molecule has 31 heavy (non-hydrogen) atoms. The average Bonchev–Trinajstić information content (AvgIpc) is 3.20. The Labute approximate surface area is 188 Å². The Morgan fingerprint density at radius 2 is 2.00 bits per heavy atom. The molecule has 1 atom stereocenters. The molecule has 4 rings (SSSR count). The summed E-state index contributed by atoms with van der Waals surface area (Å²) in [5.74, 6) is 1.09. The van der Waals surface area contributed by atoms with Crippen LogP contribution in [0.3, 0.4) is 0 Å². The number of hydrogen-bond acceptors (Lipinski definition) is 6. The first-order valence-electron chi connectivity index (χ1n) is 9.62. The zero-order valence-electron chi connectivity index (χ0n) is 17.3. The number of rotatable bonds is 6. The summed E-state index contributed by atoms with van der Waals surface area (Å²) in [6.45, 7) is 4.22. The van der Waals surface area contributed by atoms with Gasteiger partial charge in [-0.05, 0) is 53.0 Å². The molecule has 3 N–H and O–H groups in total. The van der Waals surface area contributed by atoms with Crippen LogP contribution >= 0.6 is 15.9 Å². The number of carbonyl (C=O) groups excluding carboxylic acids is 1. The number of aryl methyl sites for hydroxylation is 1. The van der Waals surface area contributed by atoms with Gasteiger partial charge in [-0.25, -0.2) is 4.68 Å². The van der Waals surface area contributed by atoms with Crippen molar-refractivity contribution in [1.82, 2.24) is 14.8 Å². The fourth-order valence-electron chi connectivity index (χ4n) is 3.60. The number of nitrogens with zero attached hydrogens (tertiary/aromatic N) is 3. The highest BCUT2D eigenvalue weighted by molar-refractivity contribution is 9.10. The van der Waals surface area contributed by atoms with Crippen LogP contribution < -0.4 is 20.5 Å². The summed E-state index contributed by atoms with van der Waals surface area (Å²) in [5.41, 5.74) is 9.73. The lowest BCUT2D eigenvalue weighted by molar-refractivity contribution is -0.115. The summed E-state index contributed by atoms with van der Waals surface area (Å²) in [4.78, 5) is 16.5. The second-order valence-electron chi connectivity index (χ2n) is 7.27. The van der Waals surface area contributed by atoms with Crippen LogP contribution in [-0.4, -0.2) is 27.8 Å². The van der Waals surface area contributed by atoms with Crippen LogP contribution in [0.15, 0.2) is 58.5 Å². The molecule has 0 aliphatic carbocycles. The second kappa shape index (κ2) is 8.43. The Morgan fingerprint density at radius 1 is 1.26 bits per heavy atom. The normalized spacial score (nSPS) is 15.3. The van der Waals surface area contributed by atoms with Crippen molar-refractivity contribution in [2.24, 2.45) is 5.73 Å². The number of anilines is 1. The monoisotopic (exact) mass is 483 g/mol. The molecule has 1 amide bonds. The molecule has 0 saturated heterocycles. The molecule has 1 unspecified atom stereocenters. The van der Waals surface area contributed by atoms with Crippen molar-refractivity contribution in [2.45, 2.75) is 26.5 Å². The molecule has 0 bridgehead atoms. The van der Waals surface area contributed by atoms with Gasteiger partial charge in [-0.2, -0.15) is 10.1 Å². The van der Waals surface area contributed by atoms with Gasteiger partial charge in [0.1, 0.15) is 19.0 Å². The molecular formula is C22H22BrN5O3. The number of carbonyl (C=O) groups is 1. The van der Waals surface area contributed by atoms with Gasteiger partial charge in [0.25, 0.3) is 0 Å². The molecular weight excluding hydrogens is 462 g/mol. The van der Waals surface area contributed by atoms with Crippen LogP contribution in [0.25, 0.3) is 0 Å². The molecule has 0 saturated carbocycles. The SMILES string of the molecule is COc1cc(C2C(C(N)=O)=C(C)Nc3ncnn32)cc(Br)c1OCc1ccc(C)cc1. The lowest BCUT2D eigenvalue weighted by Gasteiger charge is -2.28. The summed E-state index contributed by atoms with van der Waals surface area (Å²) in [7, 11) is 1.57. The number of fused-ring (bicyclic) bond motifs is 1. The smallest absolute Gasteiger partial charge is 0.248 e. The van der Waals surface area contributed by atoms with E-state index in [2.05, 4.69) is 31.3 Å². The van der Waals surface area contributed by atoms with E-state index in [1.165, 1.54) is 11.9 Å². The van der Waals surface area contributed by atoms with Gasteiger partial charge >= 0.3 is 0 Å². The third-order valence-electron chi connectivity index (χ3n) is 5.13. The first-order valence-corrected chi connectivity index (χ1v) is 10.4.